The molecule has 0 aromatic heterocycles. The van der Waals surface area contributed by atoms with Gasteiger partial charge in [0.25, 0.3) is 0 Å². The van der Waals surface area contributed by atoms with Gasteiger partial charge >= 0.3 is 0 Å². The zero-order chi connectivity index (χ0) is 21.7. The molecule has 0 bridgehead atoms. The number of benzene rings is 3. The van der Waals surface area contributed by atoms with E-state index in [0.717, 1.165) is 21.3 Å². The van der Waals surface area contributed by atoms with Crippen molar-refractivity contribution in [1.29, 1.82) is 0 Å². The molecule has 0 amide bonds. The lowest BCUT2D eigenvalue weighted by atomic mass is 10.2. The number of halogens is 5. The van der Waals surface area contributed by atoms with Crippen LogP contribution in [0.3, 0.4) is 0 Å². The Bertz CT molecular complexity index is 1050. The van der Waals surface area contributed by atoms with Gasteiger partial charge in [0.05, 0.1) is 26.7 Å². The first kappa shape index (κ1) is 23.4. The number of hydrogen-bond donors (Lipinski definition) is 1. The van der Waals surface area contributed by atoms with Crippen molar-refractivity contribution in [2.75, 3.05) is 11.9 Å². The Morgan fingerprint density at radius 2 is 1.57 bits per heavy atom. The van der Waals surface area contributed by atoms with Crippen molar-refractivity contribution in [3.8, 4) is 11.5 Å². The first-order chi connectivity index (χ1) is 14.4. The Hall–Kier alpha value is -1.30. The SMILES string of the molecule is CCOc1cc(CNc2ccc(Br)c(Cl)c2)cc(Cl)c1OCc1ccc(Cl)c(Cl)c1. The van der Waals surface area contributed by atoms with Crippen LogP contribution in [0.4, 0.5) is 5.69 Å². The Kier molecular flexibility index (Phi) is 8.44. The van der Waals surface area contributed by atoms with Crippen molar-refractivity contribution in [2.45, 2.75) is 20.1 Å². The van der Waals surface area contributed by atoms with E-state index in [0.29, 0.717) is 44.7 Å². The second kappa shape index (κ2) is 10.8. The van der Waals surface area contributed by atoms with Gasteiger partial charge in [-0.3, -0.25) is 0 Å². The highest BCUT2D eigenvalue weighted by Gasteiger charge is 2.14. The van der Waals surface area contributed by atoms with Gasteiger partial charge in [-0.1, -0.05) is 52.5 Å². The Balaban J connectivity index is 1.75. The van der Waals surface area contributed by atoms with Crippen LogP contribution in [0, 0.1) is 0 Å². The van der Waals surface area contributed by atoms with Gasteiger partial charge in [-0.2, -0.15) is 0 Å². The summed E-state index contributed by atoms with van der Waals surface area (Å²) in [6.45, 7) is 3.22. The maximum Gasteiger partial charge on any atom is 0.180 e. The third-order valence-corrected chi connectivity index (χ3v) is 6.40. The maximum atomic E-state index is 6.51. The van der Waals surface area contributed by atoms with Gasteiger partial charge in [0.15, 0.2) is 11.5 Å². The molecule has 0 spiro atoms. The summed E-state index contributed by atoms with van der Waals surface area (Å²) in [7, 11) is 0. The molecule has 0 aliphatic heterocycles. The largest absolute Gasteiger partial charge is 0.490 e. The fourth-order valence-corrected chi connectivity index (χ4v) is 3.76. The number of anilines is 1. The summed E-state index contributed by atoms with van der Waals surface area (Å²) in [6, 6.07) is 14.8. The van der Waals surface area contributed by atoms with E-state index in [2.05, 4.69) is 21.2 Å². The molecule has 0 aliphatic carbocycles. The maximum absolute atomic E-state index is 6.51. The third kappa shape index (κ3) is 6.12. The molecular weight excluding hydrogens is 532 g/mol. The van der Waals surface area contributed by atoms with Crippen molar-refractivity contribution in [2.24, 2.45) is 0 Å². The minimum absolute atomic E-state index is 0.283. The van der Waals surface area contributed by atoms with E-state index >= 15 is 0 Å². The summed E-state index contributed by atoms with van der Waals surface area (Å²) >= 11 is 28.1. The predicted octanol–water partition coefficient (Wildman–Crippen LogP) is 8.65. The van der Waals surface area contributed by atoms with Gasteiger partial charge in [0.2, 0.25) is 0 Å². The quantitative estimate of drug-likeness (QED) is 0.305. The standard InChI is InChI=1S/C22H18BrCl4NO2/c1-2-29-21-9-14(11-28-15-4-5-16(23)18(25)10-15)8-20(27)22(21)30-12-13-3-6-17(24)19(26)7-13/h3-10,28H,2,11-12H2,1H3. The van der Waals surface area contributed by atoms with Crippen LogP contribution in [0.5, 0.6) is 11.5 Å². The van der Waals surface area contributed by atoms with E-state index in [1.807, 2.05) is 43.3 Å². The van der Waals surface area contributed by atoms with E-state index in [1.165, 1.54) is 0 Å². The second-order valence-electron chi connectivity index (χ2n) is 6.36. The van der Waals surface area contributed by atoms with Gasteiger partial charge in [-0.05, 0) is 76.4 Å². The summed E-state index contributed by atoms with van der Waals surface area (Å²) < 4.78 is 12.6. The molecule has 0 fully saturated rings. The van der Waals surface area contributed by atoms with Gasteiger partial charge in [-0.25, -0.2) is 0 Å². The number of ether oxygens (including phenoxy) is 2. The van der Waals surface area contributed by atoms with E-state index in [1.54, 1.807) is 12.1 Å². The molecule has 0 saturated heterocycles. The normalized spacial score (nSPS) is 10.7. The molecule has 1 N–H and O–H groups in total. The summed E-state index contributed by atoms with van der Waals surface area (Å²) in [5, 5.41) is 5.40. The molecule has 0 unspecified atom stereocenters. The summed E-state index contributed by atoms with van der Waals surface area (Å²) in [5.41, 5.74) is 2.72. The monoisotopic (exact) mass is 547 g/mol. The van der Waals surface area contributed by atoms with Gasteiger partial charge < -0.3 is 14.8 Å². The lowest BCUT2D eigenvalue weighted by molar-refractivity contribution is 0.269. The fourth-order valence-electron chi connectivity index (χ4n) is 2.72. The molecule has 3 aromatic carbocycles. The summed E-state index contributed by atoms with van der Waals surface area (Å²) in [5.74, 6) is 1.07. The topological polar surface area (TPSA) is 30.5 Å². The number of rotatable bonds is 8. The smallest absolute Gasteiger partial charge is 0.180 e. The zero-order valence-corrected chi connectivity index (χ0v) is 20.6. The van der Waals surface area contributed by atoms with E-state index in [4.69, 9.17) is 55.9 Å². The van der Waals surface area contributed by atoms with Crippen LogP contribution in [-0.4, -0.2) is 6.61 Å². The highest BCUT2D eigenvalue weighted by Crippen LogP contribution is 2.38. The highest BCUT2D eigenvalue weighted by molar-refractivity contribution is 9.10. The molecular formula is C22H18BrCl4NO2. The predicted molar refractivity (Wildman–Crippen MR) is 130 cm³/mol. The summed E-state index contributed by atoms with van der Waals surface area (Å²) in [4.78, 5) is 0. The molecule has 3 nitrogen and oxygen atoms in total. The van der Waals surface area contributed by atoms with Crippen LogP contribution in [0.2, 0.25) is 20.1 Å². The second-order valence-corrected chi connectivity index (χ2v) is 8.84. The third-order valence-electron chi connectivity index (χ3n) is 4.15. The molecule has 30 heavy (non-hydrogen) atoms. The van der Waals surface area contributed by atoms with Gasteiger partial charge in [-0.15, -0.1) is 0 Å². The first-order valence-electron chi connectivity index (χ1n) is 9.08. The summed E-state index contributed by atoms with van der Waals surface area (Å²) in [6.07, 6.45) is 0. The Morgan fingerprint density at radius 3 is 2.27 bits per heavy atom. The average Bonchev–Trinajstić information content (AvgIpc) is 2.71. The Morgan fingerprint density at radius 1 is 0.800 bits per heavy atom. The van der Waals surface area contributed by atoms with Gasteiger partial charge in [0, 0.05) is 16.7 Å². The van der Waals surface area contributed by atoms with E-state index in [-0.39, 0.29) is 6.61 Å². The van der Waals surface area contributed by atoms with Crippen LogP contribution in [0.15, 0.2) is 53.0 Å². The van der Waals surface area contributed by atoms with Crippen LogP contribution < -0.4 is 14.8 Å². The van der Waals surface area contributed by atoms with Crippen molar-refractivity contribution in [1.82, 2.24) is 0 Å². The minimum atomic E-state index is 0.283. The van der Waals surface area contributed by atoms with Crippen LogP contribution >= 0.6 is 62.3 Å². The molecule has 158 valence electrons. The molecule has 0 heterocycles. The van der Waals surface area contributed by atoms with Crippen LogP contribution in [-0.2, 0) is 13.2 Å². The Labute approximate surface area is 204 Å². The van der Waals surface area contributed by atoms with Crippen LogP contribution in [0.1, 0.15) is 18.1 Å². The molecule has 3 rings (SSSR count). The lowest BCUT2D eigenvalue weighted by Crippen LogP contribution is -2.04. The van der Waals surface area contributed by atoms with Crippen molar-refractivity contribution in [3.05, 3.63) is 84.2 Å². The first-order valence-corrected chi connectivity index (χ1v) is 11.4. The number of hydrogen-bond acceptors (Lipinski definition) is 3. The van der Waals surface area contributed by atoms with Gasteiger partial charge in [0.1, 0.15) is 6.61 Å². The lowest BCUT2D eigenvalue weighted by Gasteiger charge is -2.16. The van der Waals surface area contributed by atoms with Crippen molar-refractivity contribution >= 4 is 68.0 Å². The molecule has 8 heteroatoms. The van der Waals surface area contributed by atoms with Crippen molar-refractivity contribution in [3.63, 3.8) is 0 Å². The zero-order valence-electron chi connectivity index (χ0n) is 15.9. The van der Waals surface area contributed by atoms with E-state index < -0.39 is 0 Å². The fraction of sp³-hybridized carbons (Fsp3) is 0.182. The molecule has 0 saturated carbocycles. The molecule has 3 aromatic rings. The molecule has 0 radical (unpaired) electrons. The average molecular weight is 550 g/mol. The minimum Gasteiger partial charge on any atom is -0.490 e. The molecule has 0 aliphatic rings. The highest BCUT2D eigenvalue weighted by atomic mass is 79.9. The number of nitrogens with one attached hydrogen (secondary N) is 1. The van der Waals surface area contributed by atoms with Crippen molar-refractivity contribution < 1.29 is 9.47 Å². The van der Waals surface area contributed by atoms with E-state index in [9.17, 15) is 0 Å². The van der Waals surface area contributed by atoms with Crippen LogP contribution in [0.25, 0.3) is 0 Å². The molecule has 0 atom stereocenters.